The lowest BCUT2D eigenvalue weighted by Gasteiger charge is -2.45. The molecular weight excluding hydrogens is 336 g/mol. The monoisotopic (exact) mass is 390 g/mol. The van der Waals surface area contributed by atoms with E-state index in [1.54, 1.807) is 0 Å². The zero-order valence-corrected chi connectivity index (χ0v) is 20.8. The number of hydrogen-bond donors (Lipinski definition) is 0. The zero-order chi connectivity index (χ0) is 20.8. The van der Waals surface area contributed by atoms with Crippen molar-refractivity contribution in [2.45, 2.75) is 138 Å². The summed E-state index contributed by atoms with van der Waals surface area (Å²) in [5, 5.41) is 0. The Morgan fingerprint density at radius 3 is 2.25 bits per heavy atom. The summed E-state index contributed by atoms with van der Waals surface area (Å²) < 4.78 is 0. The van der Waals surface area contributed by atoms with Crippen LogP contribution < -0.4 is 0 Å². The molecule has 0 amide bonds. The van der Waals surface area contributed by atoms with Crippen molar-refractivity contribution in [3.05, 3.63) is 0 Å². The molecule has 0 saturated heterocycles. The minimum Gasteiger partial charge on any atom is -0.0654 e. The van der Waals surface area contributed by atoms with Gasteiger partial charge in [0.1, 0.15) is 0 Å². The molecule has 5 unspecified atom stereocenters. The fourth-order valence-electron chi connectivity index (χ4n) is 7.73. The van der Waals surface area contributed by atoms with Crippen LogP contribution in [0, 0.1) is 40.4 Å². The van der Waals surface area contributed by atoms with Crippen LogP contribution in [0.3, 0.4) is 0 Å². The highest BCUT2D eigenvalue weighted by atomic mass is 14.5. The summed E-state index contributed by atoms with van der Waals surface area (Å²) in [6.07, 6.45) is 20.6. The summed E-state index contributed by atoms with van der Waals surface area (Å²) in [7, 11) is 0. The van der Waals surface area contributed by atoms with Gasteiger partial charge in [-0.05, 0) is 85.4 Å². The first kappa shape index (κ1) is 24.3. The Morgan fingerprint density at radius 1 is 0.857 bits per heavy atom. The van der Waals surface area contributed by atoms with Gasteiger partial charge in [0.15, 0.2) is 0 Å². The molecular formula is C28H54. The summed E-state index contributed by atoms with van der Waals surface area (Å²) in [4.78, 5) is 0. The first-order chi connectivity index (χ1) is 13.3. The second kappa shape index (κ2) is 10.9. The van der Waals surface area contributed by atoms with Gasteiger partial charge in [-0.15, -0.1) is 0 Å². The second-order valence-corrected chi connectivity index (χ2v) is 12.0. The second-order valence-electron chi connectivity index (χ2n) is 12.0. The lowest BCUT2D eigenvalue weighted by molar-refractivity contribution is 0.0558. The van der Waals surface area contributed by atoms with Crippen molar-refractivity contribution >= 4 is 0 Å². The SMILES string of the molecule is CCCC1(C)C(CCC2(C)CCCC[C@@H]2CC)CCC1C(C)CCCC(C)C. The molecule has 0 N–H and O–H groups in total. The van der Waals surface area contributed by atoms with Gasteiger partial charge in [-0.3, -0.25) is 0 Å². The fraction of sp³-hybridized carbons (Fsp3) is 1.00. The molecule has 0 heterocycles. The molecule has 2 fully saturated rings. The highest BCUT2D eigenvalue weighted by molar-refractivity contribution is 4.98. The summed E-state index contributed by atoms with van der Waals surface area (Å²) in [6, 6.07) is 0. The Hall–Kier alpha value is 0. The Bertz CT molecular complexity index is 437. The first-order valence-corrected chi connectivity index (χ1v) is 13.3. The molecule has 0 aromatic carbocycles. The summed E-state index contributed by atoms with van der Waals surface area (Å²) in [5.41, 5.74) is 1.25. The Kier molecular flexibility index (Phi) is 9.41. The Morgan fingerprint density at radius 2 is 1.61 bits per heavy atom. The standard InChI is InChI=1S/C28H54/c1-8-19-28(7)25(16-17-26(28)23(5)14-12-13-22(3)4)18-21-27(6)20-11-10-15-24(27)9-2/h22-26H,8-21H2,1-7H3/t23?,24-,25?,26?,27?,28?/m0/s1. The van der Waals surface area contributed by atoms with E-state index < -0.39 is 0 Å². The molecule has 28 heavy (non-hydrogen) atoms. The highest BCUT2D eigenvalue weighted by Crippen LogP contribution is 2.57. The number of hydrogen-bond acceptors (Lipinski definition) is 0. The molecule has 2 rings (SSSR count). The topological polar surface area (TPSA) is 0 Å². The van der Waals surface area contributed by atoms with Gasteiger partial charge >= 0.3 is 0 Å². The lowest BCUT2D eigenvalue weighted by Crippen LogP contribution is -2.35. The molecule has 0 spiro atoms. The van der Waals surface area contributed by atoms with E-state index in [1.807, 2.05) is 0 Å². The number of rotatable bonds is 11. The molecule has 0 aromatic rings. The minimum atomic E-state index is 0.610. The summed E-state index contributed by atoms with van der Waals surface area (Å²) in [6.45, 7) is 17.6. The maximum atomic E-state index is 2.71. The van der Waals surface area contributed by atoms with Crippen molar-refractivity contribution in [3.8, 4) is 0 Å². The molecule has 166 valence electrons. The van der Waals surface area contributed by atoms with E-state index in [0.717, 1.165) is 29.6 Å². The van der Waals surface area contributed by atoms with Crippen LogP contribution in [-0.4, -0.2) is 0 Å². The van der Waals surface area contributed by atoms with Crippen molar-refractivity contribution in [1.29, 1.82) is 0 Å². The van der Waals surface area contributed by atoms with Gasteiger partial charge in [-0.1, -0.05) is 93.4 Å². The van der Waals surface area contributed by atoms with Gasteiger partial charge in [0.25, 0.3) is 0 Å². The van der Waals surface area contributed by atoms with Crippen LogP contribution in [-0.2, 0) is 0 Å². The third kappa shape index (κ3) is 5.78. The van der Waals surface area contributed by atoms with Crippen LogP contribution in [0.4, 0.5) is 0 Å². The van der Waals surface area contributed by atoms with Crippen LogP contribution >= 0.6 is 0 Å². The van der Waals surface area contributed by atoms with Crippen molar-refractivity contribution in [1.82, 2.24) is 0 Å². The third-order valence-electron chi connectivity index (χ3n) is 9.62. The largest absolute Gasteiger partial charge is 0.0654 e. The predicted molar refractivity (Wildman–Crippen MR) is 127 cm³/mol. The van der Waals surface area contributed by atoms with Crippen molar-refractivity contribution in [2.75, 3.05) is 0 Å². The van der Waals surface area contributed by atoms with Gasteiger partial charge < -0.3 is 0 Å². The first-order valence-electron chi connectivity index (χ1n) is 13.3. The quantitative estimate of drug-likeness (QED) is 0.329. The van der Waals surface area contributed by atoms with Crippen LogP contribution in [0.2, 0.25) is 0 Å². The molecule has 0 heteroatoms. The molecule has 6 atom stereocenters. The average molecular weight is 391 g/mol. The lowest BCUT2D eigenvalue weighted by atomic mass is 9.61. The van der Waals surface area contributed by atoms with Crippen LogP contribution in [0.25, 0.3) is 0 Å². The molecule has 0 bridgehead atoms. The molecule has 0 radical (unpaired) electrons. The van der Waals surface area contributed by atoms with Crippen LogP contribution in [0.1, 0.15) is 138 Å². The van der Waals surface area contributed by atoms with E-state index in [9.17, 15) is 0 Å². The molecule has 2 aliphatic carbocycles. The van der Waals surface area contributed by atoms with Crippen molar-refractivity contribution in [3.63, 3.8) is 0 Å². The normalized spacial score (nSPS) is 37.5. The maximum absolute atomic E-state index is 2.71. The van der Waals surface area contributed by atoms with E-state index in [0.29, 0.717) is 10.8 Å². The van der Waals surface area contributed by atoms with Gasteiger partial charge in [-0.25, -0.2) is 0 Å². The smallest absolute Gasteiger partial charge is 0.0267 e. The van der Waals surface area contributed by atoms with Gasteiger partial charge in [-0.2, -0.15) is 0 Å². The minimum absolute atomic E-state index is 0.610. The van der Waals surface area contributed by atoms with Crippen LogP contribution in [0.15, 0.2) is 0 Å². The molecule has 2 saturated carbocycles. The molecule has 2 aliphatic rings. The summed E-state index contributed by atoms with van der Waals surface area (Å²) in [5.74, 6) is 4.75. The summed E-state index contributed by atoms with van der Waals surface area (Å²) >= 11 is 0. The highest BCUT2D eigenvalue weighted by Gasteiger charge is 2.48. The Labute approximate surface area is 179 Å². The zero-order valence-electron chi connectivity index (χ0n) is 20.8. The van der Waals surface area contributed by atoms with E-state index >= 15 is 0 Å². The van der Waals surface area contributed by atoms with E-state index in [1.165, 1.54) is 89.9 Å². The molecule has 0 nitrogen and oxygen atoms in total. The van der Waals surface area contributed by atoms with Crippen LogP contribution in [0.5, 0.6) is 0 Å². The van der Waals surface area contributed by atoms with Gasteiger partial charge in [0, 0.05) is 0 Å². The van der Waals surface area contributed by atoms with Gasteiger partial charge in [0.05, 0.1) is 0 Å². The van der Waals surface area contributed by atoms with Crippen molar-refractivity contribution in [2.24, 2.45) is 40.4 Å². The fourth-order valence-corrected chi connectivity index (χ4v) is 7.73. The maximum Gasteiger partial charge on any atom is -0.0267 e. The molecule has 0 aliphatic heterocycles. The van der Waals surface area contributed by atoms with E-state index in [2.05, 4.69) is 48.5 Å². The molecule has 0 aromatic heterocycles. The Balaban J connectivity index is 1.99. The van der Waals surface area contributed by atoms with E-state index in [-0.39, 0.29) is 0 Å². The average Bonchev–Trinajstić information content (AvgIpc) is 2.96. The third-order valence-corrected chi connectivity index (χ3v) is 9.62. The predicted octanol–water partition coefficient (Wildman–Crippen LogP) is 9.67. The van der Waals surface area contributed by atoms with E-state index in [4.69, 9.17) is 0 Å². The van der Waals surface area contributed by atoms with Gasteiger partial charge in [0.2, 0.25) is 0 Å². The van der Waals surface area contributed by atoms with Crippen molar-refractivity contribution < 1.29 is 0 Å².